The van der Waals surface area contributed by atoms with Gasteiger partial charge in [-0.3, -0.25) is 9.59 Å². The van der Waals surface area contributed by atoms with E-state index < -0.39 is 18.4 Å². The summed E-state index contributed by atoms with van der Waals surface area (Å²) in [5.41, 5.74) is 10.6. The van der Waals surface area contributed by atoms with Crippen molar-refractivity contribution in [3.63, 3.8) is 0 Å². The molecule has 4 heterocycles. The van der Waals surface area contributed by atoms with Gasteiger partial charge in [-0.05, 0) is 81.2 Å². The Morgan fingerprint density at radius 3 is 2.40 bits per heavy atom. The van der Waals surface area contributed by atoms with Crippen molar-refractivity contribution in [2.45, 2.75) is 88.7 Å². The second kappa shape index (κ2) is 15.9. The van der Waals surface area contributed by atoms with Gasteiger partial charge < -0.3 is 44.6 Å². The van der Waals surface area contributed by atoms with E-state index in [1.54, 1.807) is 14.2 Å². The number of nitrogens with one attached hydrogen (secondary N) is 2. The molecule has 2 aromatic heterocycles. The number of carbonyl (C=O) groups is 1. The predicted molar refractivity (Wildman–Crippen MR) is 195 cm³/mol. The third-order valence-electron chi connectivity index (χ3n) is 9.93. The minimum Gasteiger partial charge on any atom is -0.448 e. The standard InChI is InChI=1S/C36H47N5O7S.ClH/c1-20-13-28(49-6)27(35(43)40-20)17-39-30(42)15-23-14-26(22-7-12-29(38-16-22)41-18-31(44-4)46-32(19-41)45-5)34-33(21(23)2)47-36(3,48-34)24-8-10-25(37)11-9-24;/h7,12-14,16,24-25,31-32H,8-11,15,17-19,37H2,1-6H3,(H,39,42)(H,40,43);1H/t24?,25?,31-,32+,36?;. The monoisotopic (exact) mass is 729 g/mol. The van der Waals surface area contributed by atoms with E-state index in [4.69, 9.17) is 34.4 Å². The average Bonchev–Trinajstić information content (AvgIpc) is 3.47. The van der Waals surface area contributed by atoms with Crippen LogP contribution in [0.4, 0.5) is 5.82 Å². The number of nitrogens with two attached hydrogens (primary N) is 1. The zero-order chi connectivity index (χ0) is 34.9. The van der Waals surface area contributed by atoms with Gasteiger partial charge in [0.25, 0.3) is 11.3 Å². The summed E-state index contributed by atoms with van der Waals surface area (Å²) in [6, 6.07) is 8.08. The highest BCUT2D eigenvalue weighted by atomic mass is 35.5. The van der Waals surface area contributed by atoms with Crippen molar-refractivity contribution in [2.24, 2.45) is 11.7 Å². The number of benzene rings is 1. The summed E-state index contributed by atoms with van der Waals surface area (Å²) < 4.78 is 30.2. The number of hydrogen-bond donors (Lipinski definition) is 3. The molecule has 1 unspecified atom stereocenters. The normalized spacial score (nSPS) is 24.5. The molecule has 0 bridgehead atoms. The van der Waals surface area contributed by atoms with Crippen LogP contribution in [0.1, 0.15) is 55.0 Å². The number of rotatable bonds is 10. The molecule has 50 heavy (non-hydrogen) atoms. The van der Waals surface area contributed by atoms with Gasteiger partial charge in [-0.15, -0.1) is 24.2 Å². The Morgan fingerprint density at radius 1 is 1.10 bits per heavy atom. The first-order chi connectivity index (χ1) is 23.5. The van der Waals surface area contributed by atoms with E-state index in [0.717, 1.165) is 64.3 Å². The number of thioether (sulfide) groups is 1. The Kier molecular flexibility index (Phi) is 12.1. The summed E-state index contributed by atoms with van der Waals surface area (Å²) in [5, 5.41) is 2.96. The number of hydrogen-bond acceptors (Lipinski definition) is 11. The minimum absolute atomic E-state index is 0. The quantitative estimate of drug-likeness (QED) is 0.246. The molecule has 272 valence electrons. The smallest absolute Gasteiger partial charge is 0.254 e. The molecule has 3 aromatic rings. The van der Waals surface area contributed by atoms with E-state index in [2.05, 4.69) is 15.2 Å². The Morgan fingerprint density at radius 2 is 1.78 bits per heavy atom. The molecule has 1 saturated heterocycles. The maximum Gasteiger partial charge on any atom is 0.254 e. The van der Waals surface area contributed by atoms with Gasteiger partial charge in [-0.1, -0.05) is 0 Å². The lowest BCUT2D eigenvalue weighted by atomic mass is 9.81. The van der Waals surface area contributed by atoms with Gasteiger partial charge in [0.05, 0.1) is 19.5 Å². The first-order valence-corrected chi connectivity index (χ1v) is 18.0. The Labute approximate surface area is 303 Å². The van der Waals surface area contributed by atoms with Crippen LogP contribution in [0.5, 0.6) is 11.5 Å². The first kappa shape index (κ1) is 37.9. The summed E-state index contributed by atoms with van der Waals surface area (Å²) in [4.78, 5) is 36.7. The number of fused-ring (bicyclic) bond motifs is 1. The fourth-order valence-electron chi connectivity index (χ4n) is 6.97. The molecular weight excluding hydrogens is 682 g/mol. The summed E-state index contributed by atoms with van der Waals surface area (Å²) in [7, 11) is 3.21. The van der Waals surface area contributed by atoms with E-state index in [-0.39, 0.29) is 48.8 Å². The van der Waals surface area contributed by atoms with Crippen LogP contribution in [0.3, 0.4) is 0 Å². The van der Waals surface area contributed by atoms with Crippen molar-refractivity contribution < 1.29 is 28.5 Å². The van der Waals surface area contributed by atoms with Crippen LogP contribution in [0.15, 0.2) is 40.2 Å². The fraction of sp³-hybridized carbons (Fsp3) is 0.528. The Bertz CT molecular complexity index is 1720. The molecule has 12 nitrogen and oxygen atoms in total. The number of pyridine rings is 2. The molecule has 1 aliphatic carbocycles. The van der Waals surface area contributed by atoms with E-state index >= 15 is 0 Å². The van der Waals surface area contributed by atoms with Crippen molar-refractivity contribution in [1.29, 1.82) is 0 Å². The van der Waals surface area contributed by atoms with Gasteiger partial charge in [0, 0.05) is 73.1 Å². The van der Waals surface area contributed by atoms with Gasteiger partial charge in [-0.25, -0.2) is 4.98 Å². The number of amides is 1. The first-order valence-electron chi connectivity index (χ1n) is 16.8. The molecule has 1 aromatic carbocycles. The van der Waals surface area contributed by atoms with Crippen molar-refractivity contribution in [3.05, 3.63) is 63.2 Å². The van der Waals surface area contributed by atoms with Crippen LogP contribution in [0.2, 0.25) is 0 Å². The molecular formula is C36H48ClN5O7S. The number of methoxy groups -OCH3 is 2. The van der Waals surface area contributed by atoms with E-state index in [1.807, 2.05) is 57.5 Å². The van der Waals surface area contributed by atoms with E-state index in [9.17, 15) is 9.59 Å². The minimum atomic E-state index is -0.866. The summed E-state index contributed by atoms with van der Waals surface area (Å²) in [6.45, 7) is 6.96. The lowest BCUT2D eigenvalue weighted by Crippen LogP contribution is -2.49. The maximum atomic E-state index is 13.4. The topological polar surface area (TPSA) is 150 Å². The maximum absolute atomic E-state index is 13.4. The number of morpholine rings is 1. The van der Waals surface area contributed by atoms with Gasteiger partial charge in [0.1, 0.15) is 5.82 Å². The molecule has 0 radical (unpaired) electrons. The van der Waals surface area contributed by atoms with Crippen LogP contribution in [0.25, 0.3) is 11.1 Å². The Hall–Kier alpha value is -3.33. The zero-order valence-corrected chi connectivity index (χ0v) is 31.1. The molecule has 2 fully saturated rings. The molecule has 4 N–H and O–H groups in total. The number of aryl methyl sites for hydroxylation is 1. The molecule has 1 amide bonds. The molecule has 3 aliphatic rings. The number of nitrogens with zero attached hydrogens (tertiary/aromatic N) is 2. The highest BCUT2D eigenvalue weighted by Crippen LogP contribution is 2.52. The number of H-pyrrole nitrogens is 1. The van der Waals surface area contributed by atoms with Crippen molar-refractivity contribution in [3.8, 4) is 22.6 Å². The van der Waals surface area contributed by atoms with Crippen molar-refractivity contribution >= 4 is 35.9 Å². The van der Waals surface area contributed by atoms with Gasteiger partial charge >= 0.3 is 0 Å². The highest BCUT2D eigenvalue weighted by molar-refractivity contribution is 7.98. The second-order valence-corrected chi connectivity index (χ2v) is 14.1. The van der Waals surface area contributed by atoms with Crippen molar-refractivity contribution in [1.82, 2.24) is 15.3 Å². The molecule has 2 aliphatic heterocycles. The highest BCUT2D eigenvalue weighted by Gasteiger charge is 2.47. The van der Waals surface area contributed by atoms with E-state index in [1.165, 1.54) is 11.8 Å². The summed E-state index contributed by atoms with van der Waals surface area (Å²) >= 11 is 1.48. The third kappa shape index (κ3) is 7.93. The SMILES string of the molecule is CO[C@H]1CN(c2ccc(-c3cc(CC(=O)NCc4c(SC)cc(C)[nH]c4=O)c(C)c4c3OC(C)(C3CCC(N)CC3)O4)cn2)C[C@@H](OC)O1.Cl. The molecule has 6 rings (SSSR count). The number of carbonyl (C=O) groups excluding carboxylic acids is 1. The van der Waals surface area contributed by atoms with Crippen LogP contribution in [-0.2, 0) is 32.0 Å². The van der Waals surface area contributed by atoms with Gasteiger partial charge in [0.2, 0.25) is 5.91 Å². The number of aromatic amines is 1. The Balaban J connectivity index is 0.00000486. The largest absolute Gasteiger partial charge is 0.448 e. The number of ether oxygens (including phenoxy) is 5. The molecule has 14 heteroatoms. The number of halogens is 1. The lowest BCUT2D eigenvalue weighted by Gasteiger charge is -2.37. The lowest BCUT2D eigenvalue weighted by molar-refractivity contribution is -0.235. The van der Waals surface area contributed by atoms with Crippen LogP contribution in [0, 0.1) is 19.8 Å². The van der Waals surface area contributed by atoms with Crippen LogP contribution < -0.4 is 31.0 Å². The fourth-order valence-corrected chi connectivity index (χ4v) is 7.68. The molecule has 3 atom stereocenters. The zero-order valence-electron chi connectivity index (χ0n) is 29.5. The van der Waals surface area contributed by atoms with Crippen molar-refractivity contribution in [2.75, 3.05) is 38.5 Å². The predicted octanol–water partition coefficient (Wildman–Crippen LogP) is 4.84. The van der Waals surface area contributed by atoms with E-state index in [0.29, 0.717) is 30.2 Å². The molecule has 0 spiro atoms. The second-order valence-electron chi connectivity index (χ2n) is 13.3. The summed E-state index contributed by atoms with van der Waals surface area (Å²) in [5.74, 6) is 1.15. The molecule has 1 saturated carbocycles. The number of anilines is 1. The van der Waals surface area contributed by atoms with Gasteiger partial charge in [-0.2, -0.15) is 0 Å². The summed E-state index contributed by atoms with van der Waals surface area (Å²) in [6.07, 6.45) is 6.60. The third-order valence-corrected chi connectivity index (χ3v) is 10.7. The van der Waals surface area contributed by atoms with Gasteiger partial charge in [0.15, 0.2) is 24.1 Å². The van der Waals surface area contributed by atoms with Crippen LogP contribution >= 0.6 is 24.2 Å². The van der Waals surface area contributed by atoms with Crippen LogP contribution in [-0.4, -0.2) is 73.8 Å². The number of aromatic nitrogens is 2. The average molecular weight is 730 g/mol.